The molecule has 3 aromatic carbocycles. The Morgan fingerprint density at radius 2 is 1.66 bits per heavy atom. The lowest BCUT2D eigenvalue weighted by atomic mass is 10.1. The quantitative estimate of drug-likeness (QED) is 0.456. The van der Waals surface area contributed by atoms with E-state index in [0.717, 1.165) is 16.8 Å². The molecule has 144 valence electrons. The smallest absolute Gasteiger partial charge is 0.229 e. The van der Waals surface area contributed by atoms with Crippen LogP contribution in [0, 0.1) is 0 Å². The van der Waals surface area contributed by atoms with Crippen molar-refractivity contribution in [3.63, 3.8) is 0 Å². The van der Waals surface area contributed by atoms with Crippen LogP contribution >= 0.6 is 11.6 Å². The van der Waals surface area contributed by atoms with Gasteiger partial charge in [-0.1, -0.05) is 54.1 Å². The van der Waals surface area contributed by atoms with Crippen LogP contribution in [0.2, 0.25) is 5.02 Å². The third kappa shape index (κ3) is 4.31. The maximum absolute atomic E-state index is 12.6. The van der Waals surface area contributed by atoms with E-state index in [0.29, 0.717) is 16.4 Å². The number of hydrogen-bond acceptors (Lipinski definition) is 3. The number of nitrogens with one attached hydrogen (secondary N) is 1. The van der Waals surface area contributed by atoms with Crippen LogP contribution < -0.4 is 5.32 Å². The topological polar surface area (TPSA) is 67.2 Å². The SMILES string of the molecule is O=C(Cc1cn(-c2ccccc2)nc1-c1ccc(Cl)cc1)Nc1ccccc1O. The van der Waals surface area contributed by atoms with Crippen molar-refractivity contribution < 1.29 is 9.90 Å². The van der Waals surface area contributed by atoms with Crippen LogP contribution in [0.1, 0.15) is 5.56 Å². The van der Waals surface area contributed by atoms with Crippen LogP contribution in [0.15, 0.2) is 85.1 Å². The Balaban J connectivity index is 1.67. The molecule has 4 aromatic rings. The number of nitrogens with zero attached hydrogens (tertiary/aromatic N) is 2. The zero-order chi connectivity index (χ0) is 20.2. The molecule has 4 rings (SSSR count). The molecule has 0 aliphatic heterocycles. The van der Waals surface area contributed by atoms with E-state index in [1.54, 1.807) is 35.0 Å². The highest BCUT2D eigenvalue weighted by Gasteiger charge is 2.16. The Hall–Kier alpha value is -3.57. The first kappa shape index (κ1) is 18.8. The Morgan fingerprint density at radius 3 is 2.38 bits per heavy atom. The molecule has 0 fully saturated rings. The highest BCUT2D eigenvalue weighted by atomic mass is 35.5. The molecule has 0 atom stereocenters. The van der Waals surface area contributed by atoms with Gasteiger partial charge in [0.25, 0.3) is 0 Å². The number of phenols is 1. The van der Waals surface area contributed by atoms with Gasteiger partial charge in [-0.3, -0.25) is 4.79 Å². The molecule has 0 radical (unpaired) electrons. The molecule has 0 unspecified atom stereocenters. The van der Waals surface area contributed by atoms with Crippen LogP contribution in [-0.2, 0) is 11.2 Å². The number of phenolic OH excluding ortho intramolecular Hbond substituents is 1. The van der Waals surface area contributed by atoms with Crippen molar-refractivity contribution in [1.29, 1.82) is 0 Å². The third-order valence-electron chi connectivity index (χ3n) is 4.46. The number of para-hydroxylation sites is 3. The number of benzene rings is 3. The number of hydrogen-bond donors (Lipinski definition) is 2. The van der Waals surface area contributed by atoms with Gasteiger partial charge in [-0.25, -0.2) is 4.68 Å². The summed E-state index contributed by atoms with van der Waals surface area (Å²) in [4.78, 5) is 12.6. The van der Waals surface area contributed by atoms with Gasteiger partial charge >= 0.3 is 0 Å². The van der Waals surface area contributed by atoms with Gasteiger partial charge in [-0.05, 0) is 36.4 Å². The van der Waals surface area contributed by atoms with Gasteiger partial charge in [0.1, 0.15) is 5.75 Å². The van der Waals surface area contributed by atoms with Gasteiger partial charge in [-0.15, -0.1) is 0 Å². The van der Waals surface area contributed by atoms with Gasteiger partial charge in [0.15, 0.2) is 0 Å². The first-order valence-corrected chi connectivity index (χ1v) is 9.46. The average Bonchev–Trinajstić information content (AvgIpc) is 3.14. The maximum Gasteiger partial charge on any atom is 0.229 e. The number of anilines is 1. The first-order chi connectivity index (χ1) is 14.1. The van der Waals surface area contributed by atoms with E-state index in [4.69, 9.17) is 16.7 Å². The summed E-state index contributed by atoms with van der Waals surface area (Å²) in [6.07, 6.45) is 1.96. The molecule has 0 saturated heterocycles. The summed E-state index contributed by atoms with van der Waals surface area (Å²) < 4.78 is 1.76. The molecule has 0 bridgehead atoms. The number of aromatic nitrogens is 2. The van der Waals surface area contributed by atoms with E-state index in [1.165, 1.54) is 6.07 Å². The molecular formula is C23H18ClN3O2. The second-order valence-corrected chi connectivity index (χ2v) is 6.97. The van der Waals surface area contributed by atoms with Crippen molar-refractivity contribution in [2.75, 3.05) is 5.32 Å². The zero-order valence-corrected chi connectivity index (χ0v) is 16.2. The van der Waals surface area contributed by atoms with Crippen LogP contribution in [0.4, 0.5) is 5.69 Å². The largest absolute Gasteiger partial charge is 0.506 e. The van der Waals surface area contributed by atoms with E-state index in [-0.39, 0.29) is 18.1 Å². The van der Waals surface area contributed by atoms with Gasteiger partial charge in [-0.2, -0.15) is 5.10 Å². The summed E-state index contributed by atoms with van der Waals surface area (Å²) in [5, 5.41) is 18.0. The van der Waals surface area contributed by atoms with Crippen LogP contribution in [0.5, 0.6) is 5.75 Å². The lowest BCUT2D eigenvalue weighted by Crippen LogP contribution is -2.14. The summed E-state index contributed by atoms with van der Waals surface area (Å²) in [5.74, 6) is -0.215. The molecule has 29 heavy (non-hydrogen) atoms. The Kier molecular flexibility index (Phi) is 5.31. The van der Waals surface area contributed by atoms with E-state index >= 15 is 0 Å². The third-order valence-corrected chi connectivity index (χ3v) is 4.71. The van der Waals surface area contributed by atoms with Crippen LogP contribution in [0.25, 0.3) is 16.9 Å². The Morgan fingerprint density at radius 1 is 0.966 bits per heavy atom. The average molecular weight is 404 g/mol. The molecule has 0 spiro atoms. The van der Waals surface area contributed by atoms with E-state index in [2.05, 4.69) is 5.32 Å². The van der Waals surface area contributed by atoms with Gasteiger partial charge in [0.2, 0.25) is 5.91 Å². The maximum atomic E-state index is 12.6. The molecule has 5 nitrogen and oxygen atoms in total. The predicted octanol–water partition coefficient (Wildman–Crippen LogP) is 5.08. The van der Waals surface area contributed by atoms with Crippen molar-refractivity contribution in [2.24, 2.45) is 0 Å². The fourth-order valence-electron chi connectivity index (χ4n) is 3.05. The number of aromatic hydroxyl groups is 1. The lowest BCUT2D eigenvalue weighted by Gasteiger charge is -2.07. The molecule has 1 heterocycles. The first-order valence-electron chi connectivity index (χ1n) is 9.08. The van der Waals surface area contributed by atoms with Crippen molar-refractivity contribution in [2.45, 2.75) is 6.42 Å². The van der Waals surface area contributed by atoms with Gasteiger partial charge in [0.05, 0.1) is 23.5 Å². The molecular weight excluding hydrogens is 386 g/mol. The molecule has 6 heteroatoms. The second-order valence-electron chi connectivity index (χ2n) is 6.53. The van der Waals surface area contributed by atoms with Crippen LogP contribution in [-0.4, -0.2) is 20.8 Å². The van der Waals surface area contributed by atoms with Crippen molar-refractivity contribution in [3.05, 3.63) is 95.6 Å². The number of rotatable bonds is 5. The number of carbonyl (C=O) groups excluding carboxylic acids is 1. The molecule has 0 aliphatic carbocycles. The highest BCUT2D eigenvalue weighted by molar-refractivity contribution is 6.30. The number of amides is 1. The Bertz CT molecular complexity index is 1140. The summed E-state index contributed by atoms with van der Waals surface area (Å²) >= 11 is 6.02. The monoisotopic (exact) mass is 403 g/mol. The number of carbonyl (C=O) groups is 1. The van der Waals surface area contributed by atoms with E-state index < -0.39 is 0 Å². The van der Waals surface area contributed by atoms with Gasteiger partial charge < -0.3 is 10.4 Å². The zero-order valence-electron chi connectivity index (χ0n) is 15.4. The van der Waals surface area contributed by atoms with Crippen LogP contribution in [0.3, 0.4) is 0 Å². The summed E-state index contributed by atoms with van der Waals surface area (Å²) in [5.41, 5.74) is 3.62. The van der Waals surface area contributed by atoms with Gasteiger partial charge in [0, 0.05) is 22.3 Å². The molecule has 0 saturated carbocycles. The minimum atomic E-state index is -0.241. The van der Waals surface area contributed by atoms with E-state index in [9.17, 15) is 9.90 Å². The standard InChI is InChI=1S/C23H18ClN3O2/c24-18-12-10-16(11-13-18)23-17(15-27(26-23)19-6-2-1-3-7-19)14-22(29)25-20-8-4-5-9-21(20)28/h1-13,15,28H,14H2,(H,25,29). The van der Waals surface area contributed by atoms with Crippen molar-refractivity contribution in [3.8, 4) is 22.7 Å². The summed E-state index contributed by atoms with van der Waals surface area (Å²) in [6.45, 7) is 0. The van der Waals surface area contributed by atoms with Crippen molar-refractivity contribution in [1.82, 2.24) is 9.78 Å². The van der Waals surface area contributed by atoms with E-state index in [1.807, 2.05) is 48.7 Å². The minimum Gasteiger partial charge on any atom is -0.506 e. The normalized spacial score (nSPS) is 10.7. The second kappa shape index (κ2) is 8.20. The minimum absolute atomic E-state index is 0.0266. The molecule has 1 aromatic heterocycles. The molecule has 2 N–H and O–H groups in total. The fourth-order valence-corrected chi connectivity index (χ4v) is 3.18. The molecule has 0 aliphatic rings. The van der Waals surface area contributed by atoms with Crippen molar-refractivity contribution >= 4 is 23.2 Å². The summed E-state index contributed by atoms with van der Waals surface area (Å²) in [7, 11) is 0. The number of halogens is 1. The fraction of sp³-hybridized carbons (Fsp3) is 0.0435. The lowest BCUT2D eigenvalue weighted by molar-refractivity contribution is -0.115. The molecule has 1 amide bonds. The predicted molar refractivity (Wildman–Crippen MR) is 114 cm³/mol. The Labute approximate surface area is 173 Å². The summed E-state index contributed by atoms with van der Waals surface area (Å²) in [6, 6.07) is 23.7. The highest BCUT2D eigenvalue weighted by Crippen LogP contribution is 2.27.